The summed E-state index contributed by atoms with van der Waals surface area (Å²) in [7, 11) is 0. The lowest BCUT2D eigenvalue weighted by atomic mass is 10.1. The molecular formula is C23H25N3O2. The van der Waals surface area contributed by atoms with Crippen LogP contribution in [0.1, 0.15) is 49.1 Å². The zero-order chi connectivity index (χ0) is 19.5. The lowest BCUT2D eigenvalue weighted by Crippen LogP contribution is -2.24. The molecule has 0 saturated carbocycles. The van der Waals surface area contributed by atoms with Crippen LogP contribution in [0.5, 0.6) is 0 Å². The summed E-state index contributed by atoms with van der Waals surface area (Å²) >= 11 is 0. The summed E-state index contributed by atoms with van der Waals surface area (Å²) in [6.07, 6.45) is 3.86. The number of amides is 1. The van der Waals surface area contributed by atoms with Crippen LogP contribution < -0.4 is 4.90 Å². The molecule has 0 radical (unpaired) electrons. The molecule has 5 nitrogen and oxygen atoms in total. The first-order valence-electron chi connectivity index (χ1n) is 9.94. The van der Waals surface area contributed by atoms with Crippen molar-refractivity contribution in [2.45, 2.75) is 45.4 Å². The molecule has 2 heterocycles. The Bertz CT molecular complexity index is 945. The maximum atomic E-state index is 12.6. The Hall–Kier alpha value is -2.95. The fraction of sp³-hybridized carbons (Fsp3) is 0.348. The first-order chi connectivity index (χ1) is 13.6. The molecule has 1 aromatic heterocycles. The molecule has 28 heavy (non-hydrogen) atoms. The highest BCUT2D eigenvalue weighted by atomic mass is 16.5. The van der Waals surface area contributed by atoms with E-state index in [1.54, 1.807) is 0 Å². The van der Waals surface area contributed by atoms with Gasteiger partial charge in [0.05, 0.1) is 0 Å². The molecule has 4 rings (SSSR count). The summed E-state index contributed by atoms with van der Waals surface area (Å²) < 4.78 is 5.44. The molecule has 1 amide bonds. The van der Waals surface area contributed by atoms with E-state index in [4.69, 9.17) is 4.52 Å². The van der Waals surface area contributed by atoms with Crippen molar-refractivity contribution in [1.82, 2.24) is 10.1 Å². The second-order valence-electron chi connectivity index (χ2n) is 7.50. The fourth-order valence-electron chi connectivity index (χ4n) is 3.57. The van der Waals surface area contributed by atoms with Crippen LogP contribution in [0.3, 0.4) is 0 Å². The van der Waals surface area contributed by atoms with Crippen molar-refractivity contribution in [2.75, 3.05) is 11.4 Å². The SMILES string of the molecule is CCCCc1ccc(N2CC(c3noc(-c4ccc(C)cc4)n3)CC2=O)cc1. The minimum Gasteiger partial charge on any atom is -0.334 e. The van der Waals surface area contributed by atoms with Gasteiger partial charge in [0.25, 0.3) is 5.89 Å². The number of aryl methyl sites for hydroxylation is 2. The topological polar surface area (TPSA) is 59.2 Å². The van der Waals surface area contributed by atoms with E-state index in [1.165, 1.54) is 24.0 Å². The predicted octanol–water partition coefficient (Wildman–Crippen LogP) is 4.91. The van der Waals surface area contributed by atoms with Gasteiger partial charge >= 0.3 is 0 Å². The Labute approximate surface area is 165 Å². The van der Waals surface area contributed by atoms with Crippen LogP contribution in [0.25, 0.3) is 11.5 Å². The van der Waals surface area contributed by atoms with Crippen LogP contribution in [0.4, 0.5) is 5.69 Å². The summed E-state index contributed by atoms with van der Waals surface area (Å²) in [4.78, 5) is 18.9. The Morgan fingerprint density at radius 1 is 1.11 bits per heavy atom. The van der Waals surface area contributed by atoms with Gasteiger partial charge in [0.15, 0.2) is 5.82 Å². The van der Waals surface area contributed by atoms with Gasteiger partial charge in [-0.3, -0.25) is 4.79 Å². The molecule has 0 bridgehead atoms. The maximum Gasteiger partial charge on any atom is 0.257 e. The largest absolute Gasteiger partial charge is 0.334 e. The number of nitrogens with zero attached hydrogens (tertiary/aromatic N) is 3. The highest BCUT2D eigenvalue weighted by molar-refractivity contribution is 5.96. The molecule has 0 N–H and O–H groups in total. The molecule has 1 saturated heterocycles. The van der Waals surface area contributed by atoms with E-state index in [0.717, 1.165) is 17.7 Å². The van der Waals surface area contributed by atoms with E-state index >= 15 is 0 Å². The molecule has 5 heteroatoms. The van der Waals surface area contributed by atoms with Gasteiger partial charge in [-0.15, -0.1) is 0 Å². The third-order valence-corrected chi connectivity index (χ3v) is 5.30. The normalized spacial score (nSPS) is 16.7. The first-order valence-corrected chi connectivity index (χ1v) is 9.94. The summed E-state index contributed by atoms with van der Waals surface area (Å²) in [6, 6.07) is 16.3. The zero-order valence-corrected chi connectivity index (χ0v) is 16.4. The highest BCUT2D eigenvalue weighted by Crippen LogP contribution is 2.31. The number of hydrogen-bond acceptors (Lipinski definition) is 4. The van der Waals surface area contributed by atoms with Gasteiger partial charge in [0.1, 0.15) is 0 Å². The van der Waals surface area contributed by atoms with E-state index in [1.807, 2.05) is 48.2 Å². The third-order valence-electron chi connectivity index (χ3n) is 5.30. The number of aromatic nitrogens is 2. The highest BCUT2D eigenvalue weighted by Gasteiger charge is 2.34. The number of unbranched alkanes of at least 4 members (excludes halogenated alkanes) is 1. The zero-order valence-electron chi connectivity index (χ0n) is 16.4. The van der Waals surface area contributed by atoms with Crippen LogP contribution in [0.2, 0.25) is 0 Å². The Balaban J connectivity index is 1.47. The van der Waals surface area contributed by atoms with Crippen molar-refractivity contribution >= 4 is 11.6 Å². The van der Waals surface area contributed by atoms with Crippen LogP contribution in [-0.2, 0) is 11.2 Å². The second-order valence-corrected chi connectivity index (χ2v) is 7.50. The molecule has 1 unspecified atom stereocenters. The summed E-state index contributed by atoms with van der Waals surface area (Å²) in [5, 5.41) is 4.14. The molecular weight excluding hydrogens is 350 g/mol. The smallest absolute Gasteiger partial charge is 0.257 e. The number of hydrogen-bond donors (Lipinski definition) is 0. The Kier molecular flexibility index (Phi) is 5.24. The number of rotatable bonds is 6. The van der Waals surface area contributed by atoms with E-state index in [-0.39, 0.29) is 11.8 Å². The van der Waals surface area contributed by atoms with E-state index in [0.29, 0.717) is 24.7 Å². The quantitative estimate of drug-likeness (QED) is 0.614. The van der Waals surface area contributed by atoms with Crippen molar-refractivity contribution in [2.24, 2.45) is 0 Å². The fourth-order valence-corrected chi connectivity index (χ4v) is 3.57. The molecule has 0 aliphatic carbocycles. The van der Waals surface area contributed by atoms with Crippen LogP contribution in [0.15, 0.2) is 53.1 Å². The Morgan fingerprint density at radius 2 is 1.86 bits per heavy atom. The number of carbonyl (C=O) groups is 1. The number of anilines is 1. The molecule has 1 aliphatic heterocycles. The van der Waals surface area contributed by atoms with Gasteiger partial charge in [-0.25, -0.2) is 0 Å². The molecule has 2 aromatic carbocycles. The van der Waals surface area contributed by atoms with Gasteiger partial charge in [0.2, 0.25) is 5.91 Å². The Morgan fingerprint density at radius 3 is 2.57 bits per heavy atom. The predicted molar refractivity (Wildman–Crippen MR) is 109 cm³/mol. The summed E-state index contributed by atoms with van der Waals surface area (Å²) in [5.74, 6) is 1.16. The molecule has 1 aliphatic rings. The molecule has 144 valence electrons. The number of benzene rings is 2. The summed E-state index contributed by atoms with van der Waals surface area (Å²) in [5.41, 5.74) is 4.33. The average molecular weight is 375 g/mol. The standard InChI is InChI=1S/C23H25N3O2/c1-3-4-5-17-8-12-20(13-9-17)26-15-19(14-21(26)27)22-24-23(28-25-22)18-10-6-16(2)7-11-18/h6-13,19H,3-5,14-15H2,1-2H3. The average Bonchev–Trinajstić information content (AvgIpc) is 3.34. The van der Waals surface area contributed by atoms with Gasteiger partial charge in [-0.2, -0.15) is 4.98 Å². The monoisotopic (exact) mass is 375 g/mol. The van der Waals surface area contributed by atoms with Gasteiger partial charge < -0.3 is 9.42 Å². The van der Waals surface area contributed by atoms with Crippen LogP contribution >= 0.6 is 0 Å². The van der Waals surface area contributed by atoms with Crippen molar-refractivity contribution in [3.63, 3.8) is 0 Å². The molecule has 1 fully saturated rings. The van der Waals surface area contributed by atoms with Crippen molar-refractivity contribution < 1.29 is 9.32 Å². The van der Waals surface area contributed by atoms with Crippen LogP contribution in [0, 0.1) is 6.92 Å². The third kappa shape index (κ3) is 3.84. The van der Waals surface area contributed by atoms with Gasteiger partial charge in [-0.05, 0) is 49.6 Å². The maximum absolute atomic E-state index is 12.6. The first kappa shape index (κ1) is 18.4. The van der Waals surface area contributed by atoms with Crippen molar-refractivity contribution in [3.05, 3.63) is 65.5 Å². The van der Waals surface area contributed by atoms with Gasteiger partial charge in [-0.1, -0.05) is 48.3 Å². The summed E-state index contributed by atoms with van der Waals surface area (Å²) in [6.45, 7) is 4.82. The lowest BCUT2D eigenvalue weighted by molar-refractivity contribution is -0.117. The van der Waals surface area contributed by atoms with Crippen molar-refractivity contribution in [3.8, 4) is 11.5 Å². The van der Waals surface area contributed by atoms with E-state index < -0.39 is 0 Å². The second kappa shape index (κ2) is 7.97. The molecule has 3 aromatic rings. The molecule has 1 atom stereocenters. The van der Waals surface area contributed by atoms with E-state index in [2.05, 4.69) is 29.2 Å². The van der Waals surface area contributed by atoms with Gasteiger partial charge in [0, 0.05) is 30.1 Å². The van der Waals surface area contributed by atoms with Crippen molar-refractivity contribution in [1.29, 1.82) is 0 Å². The minimum atomic E-state index is -0.0461. The number of carbonyl (C=O) groups excluding carboxylic acids is 1. The molecule has 0 spiro atoms. The lowest BCUT2D eigenvalue weighted by Gasteiger charge is -2.16. The van der Waals surface area contributed by atoms with Crippen LogP contribution in [-0.4, -0.2) is 22.6 Å². The van der Waals surface area contributed by atoms with E-state index in [9.17, 15) is 4.79 Å². The minimum absolute atomic E-state index is 0.0461.